The molecule has 0 aliphatic heterocycles. The Morgan fingerprint density at radius 3 is 2.83 bits per heavy atom. The molecule has 2 aliphatic carbocycles. The van der Waals surface area contributed by atoms with Crippen LogP contribution < -0.4 is 5.32 Å². The number of carbonyl (C=O) groups is 1. The standard InChI is InChI=1S/C19H28N2O2/c1-13-5-6-15-12-14(2)18(17(15)11-13)20-19(23)21(16-7-8-16)9-3-4-10-22/h5-6,11,14,16,18,22H,3-4,7-10,12H2,1-2H3,(H,20,23). The molecule has 0 radical (unpaired) electrons. The highest BCUT2D eigenvalue weighted by Crippen LogP contribution is 2.37. The van der Waals surface area contributed by atoms with Crippen LogP contribution in [0.25, 0.3) is 0 Å². The number of carbonyl (C=O) groups excluding carboxylic acids is 1. The lowest BCUT2D eigenvalue weighted by Crippen LogP contribution is -2.44. The van der Waals surface area contributed by atoms with Crippen LogP contribution in [-0.4, -0.2) is 35.2 Å². The highest BCUT2D eigenvalue weighted by molar-refractivity contribution is 5.75. The van der Waals surface area contributed by atoms with Gasteiger partial charge in [0.15, 0.2) is 0 Å². The molecule has 126 valence electrons. The first-order valence-electron chi connectivity index (χ1n) is 8.87. The molecule has 2 amide bonds. The molecule has 0 spiro atoms. The largest absolute Gasteiger partial charge is 0.396 e. The highest BCUT2D eigenvalue weighted by atomic mass is 16.3. The van der Waals surface area contributed by atoms with Gasteiger partial charge in [0.1, 0.15) is 0 Å². The number of amides is 2. The summed E-state index contributed by atoms with van der Waals surface area (Å²) >= 11 is 0. The maximum Gasteiger partial charge on any atom is 0.318 e. The van der Waals surface area contributed by atoms with Crippen molar-refractivity contribution in [1.29, 1.82) is 0 Å². The number of hydrogen-bond donors (Lipinski definition) is 2. The summed E-state index contributed by atoms with van der Waals surface area (Å²) in [5.41, 5.74) is 3.91. The fourth-order valence-electron chi connectivity index (χ4n) is 3.63. The van der Waals surface area contributed by atoms with Crippen LogP contribution in [0.3, 0.4) is 0 Å². The number of hydrogen-bond acceptors (Lipinski definition) is 2. The van der Waals surface area contributed by atoms with Gasteiger partial charge in [-0.15, -0.1) is 0 Å². The lowest BCUT2D eigenvalue weighted by atomic mass is 10.0. The van der Waals surface area contributed by atoms with Crippen molar-refractivity contribution in [3.8, 4) is 0 Å². The van der Waals surface area contributed by atoms with Crippen LogP contribution >= 0.6 is 0 Å². The number of unbranched alkanes of at least 4 members (excludes halogenated alkanes) is 1. The van der Waals surface area contributed by atoms with E-state index in [4.69, 9.17) is 5.11 Å². The van der Waals surface area contributed by atoms with Crippen molar-refractivity contribution in [2.45, 2.75) is 58.0 Å². The predicted molar refractivity (Wildman–Crippen MR) is 91.4 cm³/mol. The monoisotopic (exact) mass is 316 g/mol. The summed E-state index contributed by atoms with van der Waals surface area (Å²) in [5.74, 6) is 0.439. The van der Waals surface area contributed by atoms with E-state index in [1.165, 1.54) is 16.7 Å². The Balaban J connectivity index is 1.68. The number of fused-ring (bicyclic) bond motifs is 1. The Hall–Kier alpha value is -1.55. The number of urea groups is 1. The summed E-state index contributed by atoms with van der Waals surface area (Å²) in [6, 6.07) is 7.17. The number of benzene rings is 1. The summed E-state index contributed by atoms with van der Waals surface area (Å²) < 4.78 is 0. The smallest absolute Gasteiger partial charge is 0.318 e. The van der Waals surface area contributed by atoms with Crippen molar-refractivity contribution in [3.05, 3.63) is 34.9 Å². The van der Waals surface area contributed by atoms with E-state index >= 15 is 0 Å². The van der Waals surface area contributed by atoms with Gasteiger partial charge in [0.05, 0.1) is 6.04 Å². The van der Waals surface area contributed by atoms with Gasteiger partial charge in [-0.25, -0.2) is 4.79 Å². The molecule has 0 heterocycles. The average molecular weight is 316 g/mol. The van der Waals surface area contributed by atoms with Gasteiger partial charge < -0.3 is 15.3 Å². The topological polar surface area (TPSA) is 52.6 Å². The molecule has 4 heteroatoms. The fourth-order valence-corrected chi connectivity index (χ4v) is 3.63. The molecular weight excluding hydrogens is 288 g/mol. The van der Waals surface area contributed by atoms with Gasteiger partial charge in [-0.3, -0.25) is 0 Å². The average Bonchev–Trinajstić information content (AvgIpc) is 3.31. The van der Waals surface area contributed by atoms with Crippen LogP contribution in [0, 0.1) is 12.8 Å². The van der Waals surface area contributed by atoms with Crippen LogP contribution in [0.1, 0.15) is 55.3 Å². The van der Waals surface area contributed by atoms with Crippen molar-refractivity contribution in [1.82, 2.24) is 10.2 Å². The molecule has 0 aromatic heterocycles. The molecule has 1 fully saturated rings. The van der Waals surface area contributed by atoms with E-state index in [-0.39, 0.29) is 18.7 Å². The Labute approximate surface area is 138 Å². The van der Waals surface area contributed by atoms with Gasteiger partial charge in [-0.05, 0) is 56.1 Å². The van der Waals surface area contributed by atoms with Crippen molar-refractivity contribution in [3.63, 3.8) is 0 Å². The summed E-state index contributed by atoms with van der Waals surface area (Å²) in [7, 11) is 0. The Kier molecular flexibility index (Phi) is 4.90. The van der Waals surface area contributed by atoms with Gasteiger partial charge in [0, 0.05) is 19.2 Å². The van der Waals surface area contributed by atoms with E-state index < -0.39 is 0 Å². The SMILES string of the molecule is Cc1ccc2c(c1)C(NC(=O)N(CCCCO)C1CC1)C(C)C2. The first kappa shape index (κ1) is 16.3. The van der Waals surface area contributed by atoms with Gasteiger partial charge >= 0.3 is 6.03 Å². The molecule has 2 atom stereocenters. The summed E-state index contributed by atoms with van der Waals surface area (Å²) in [6.07, 6.45) is 4.90. The molecule has 1 aromatic carbocycles. The van der Waals surface area contributed by atoms with Gasteiger partial charge in [-0.1, -0.05) is 30.7 Å². The van der Waals surface area contributed by atoms with Crippen molar-refractivity contribution < 1.29 is 9.90 Å². The molecule has 1 saturated carbocycles. The molecule has 3 rings (SSSR count). The van der Waals surface area contributed by atoms with E-state index in [1.54, 1.807) is 0 Å². The van der Waals surface area contributed by atoms with E-state index in [0.717, 1.165) is 38.6 Å². The first-order valence-corrected chi connectivity index (χ1v) is 8.87. The third kappa shape index (κ3) is 3.69. The minimum absolute atomic E-state index is 0.0663. The Morgan fingerprint density at radius 1 is 1.35 bits per heavy atom. The third-order valence-electron chi connectivity index (χ3n) is 5.08. The summed E-state index contributed by atoms with van der Waals surface area (Å²) in [5, 5.41) is 12.2. The van der Waals surface area contributed by atoms with E-state index in [9.17, 15) is 4.79 Å². The zero-order chi connectivity index (χ0) is 16.4. The summed E-state index contributed by atoms with van der Waals surface area (Å²) in [6.45, 7) is 5.27. The second kappa shape index (κ2) is 6.91. The van der Waals surface area contributed by atoms with Crippen LogP contribution in [0.4, 0.5) is 4.79 Å². The number of nitrogens with one attached hydrogen (secondary N) is 1. The predicted octanol–water partition coefficient (Wildman–Crippen LogP) is 3.17. The number of aliphatic hydroxyl groups excluding tert-OH is 1. The van der Waals surface area contributed by atoms with Crippen LogP contribution in [0.2, 0.25) is 0 Å². The number of nitrogens with zero attached hydrogens (tertiary/aromatic N) is 1. The molecule has 23 heavy (non-hydrogen) atoms. The third-order valence-corrected chi connectivity index (χ3v) is 5.08. The quantitative estimate of drug-likeness (QED) is 0.792. The zero-order valence-corrected chi connectivity index (χ0v) is 14.2. The van der Waals surface area contributed by atoms with E-state index in [1.807, 2.05) is 4.90 Å². The van der Waals surface area contributed by atoms with Crippen LogP contribution in [0.15, 0.2) is 18.2 Å². The molecule has 4 nitrogen and oxygen atoms in total. The zero-order valence-electron chi connectivity index (χ0n) is 14.2. The minimum atomic E-state index is 0.0663. The van der Waals surface area contributed by atoms with Crippen molar-refractivity contribution in [2.75, 3.05) is 13.2 Å². The lowest BCUT2D eigenvalue weighted by molar-refractivity contribution is 0.183. The van der Waals surface area contributed by atoms with Gasteiger partial charge in [0.25, 0.3) is 0 Å². The Bertz CT molecular complexity index is 568. The van der Waals surface area contributed by atoms with E-state index in [2.05, 4.69) is 37.4 Å². The van der Waals surface area contributed by atoms with E-state index in [0.29, 0.717) is 12.0 Å². The van der Waals surface area contributed by atoms with Gasteiger partial charge in [0.2, 0.25) is 0 Å². The molecule has 2 unspecified atom stereocenters. The molecule has 1 aromatic rings. The van der Waals surface area contributed by atoms with Gasteiger partial charge in [-0.2, -0.15) is 0 Å². The maximum absolute atomic E-state index is 12.8. The highest BCUT2D eigenvalue weighted by Gasteiger charge is 2.36. The Morgan fingerprint density at radius 2 is 2.13 bits per heavy atom. The molecule has 2 aliphatic rings. The van der Waals surface area contributed by atoms with Crippen LogP contribution in [-0.2, 0) is 6.42 Å². The summed E-state index contributed by atoms with van der Waals surface area (Å²) in [4.78, 5) is 14.7. The van der Waals surface area contributed by atoms with Crippen molar-refractivity contribution >= 4 is 6.03 Å². The molecule has 2 N–H and O–H groups in total. The number of rotatable bonds is 6. The number of aryl methyl sites for hydroxylation is 1. The molecular formula is C19H28N2O2. The minimum Gasteiger partial charge on any atom is -0.396 e. The molecule has 0 bridgehead atoms. The van der Waals surface area contributed by atoms with Crippen LogP contribution in [0.5, 0.6) is 0 Å². The number of aliphatic hydroxyl groups is 1. The lowest BCUT2D eigenvalue weighted by Gasteiger charge is -2.27. The maximum atomic E-state index is 12.8. The first-order chi connectivity index (χ1) is 11.1. The second-order valence-corrected chi connectivity index (χ2v) is 7.17. The normalized spacial score (nSPS) is 22.7. The second-order valence-electron chi connectivity index (χ2n) is 7.17. The van der Waals surface area contributed by atoms with Crippen molar-refractivity contribution in [2.24, 2.45) is 5.92 Å². The molecule has 0 saturated heterocycles. The fraction of sp³-hybridized carbons (Fsp3) is 0.632.